The molecule has 1 amide bonds. The molecule has 0 saturated carbocycles. The highest BCUT2D eigenvalue weighted by Crippen LogP contribution is 2.24. The van der Waals surface area contributed by atoms with Crippen LogP contribution in [0.25, 0.3) is 10.9 Å². The Hall–Kier alpha value is -2.50. The highest BCUT2D eigenvalue weighted by molar-refractivity contribution is 6.31. The molecular weight excluding hydrogens is 373 g/mol. The largest absolute Gasteiger partial charge is 0.484 e. The van der Waals surface area contributed by atoms with Gasteiger partial charge in [-0.15, -0.1) is 0 Å². The summed E-state index contributed by atoms with van der Waals surface area (Å²) in [7, 11) is 0. The number of fused-ring (bicyclic) bond motifs is 1. The first-order chi connectivity index (χ1) is 12.6. The third-order valence-electron chi connectivity index (χ3n) is 3.65. The lowest BCUT2D eigenvalue weighted by molar-refractivity contribution is -0.123. The molecule has 0 spiro atoms. The van der Waals surface area contributed by atoms with E-state index in [1.54, 1.807) is 30.5 Å². The Morgan fingerprint density at radius 3 is 2.58 bits per heavy atom. The molecule has 0 bridgehead atoms. The molecule has 0 atom stereocenters. The molecule has 1 heterocycles. The molecule has 0 aliphatic rings. The van der Waals surface area contributed by atoms with Crippen molar-refractivity contribution in [3.63, 3.8) is 0 Å². The van der Waals surface area contributed by atoms with Crippen LogP contribution >= 0.6 is 23.2 Å². The summed E-state index contributed by atoms with van der Waals surface area (Å²) in [5.41, 5.74) is 1.77. The van der Waals surface area contributed by atoms with Crippen molar-refractivity contribution in [2.24, 2.45) is 0 Å². The third kappa shape index (κ3) is 5.00. The summed E-state index contributed by atoms with van der Waals surface area (Å²) in [6.07, 6.45) is 1.72. The maximum Gasteiger partial charge on any atom is 0.258 e. The zero-order chi connectivity index (χ0) is 18.4. The molecule has 134 valence electrons. The lowest BCUT2D eigenvalue weighted by Gasteiger charge is -2.11. The van der Waals surface area contributed by atoms with Gasteiger partial charge in [0.05, 0.1) is 5.52 Å². The highest BCUT2D eigenvalue weighted by Gasteiger charge is 2.04. The summed E-state index contributed by atoms with van der Waals surface area (Å²) in [6, 6.07) is 14.3. The molecule has 1 aromatic heterocycles. The summed E-state index contributed by atoms with van der Waals surface area (Å²) in [4.78, 5) is 16.1. The van der Waals surface area contributed by atoms with Gasteiger partial charge in [0, 0.05) is 40.4 Å². The number of pyridine rings is 1. The van der Waals surface area contributed by atoms with Crippen LogP contribution in [-0.4, -0.2) is 30.6 Å². The van der Waals surface area contributed by atoms with E-state index < -0.39 is 0 Å². The van der Waals surface area contributed by atoms with Gasteiger partial charge in [0.1, 0.15) is 5.75 Å². The van der Waals surface area contributed by atoms with Crippen molar-refractivity contribution in [3.8, 4) is 5.75 Å². The number of nitrogens with one attached hydrogen (secondary N) is 2. The Bertz CT molecular complexity index is 901. The summed E-state index contributed by atoms with van der Waals surface area (Å²) >= 11 is 11.8. The van der Waals surface area contributed by atoms with E-state index in [2.05, 4.69) is 15.6 Å². The number of anilines is 1. The van der Waals surface area contributed by atoms with Crippen LogP contribution in [0.2, 0.25) is 10.0 Å². The predicted molar refractivity (Wildman–Crippen MR) is 105 cm³/mol. The molecule has 2 N–H and O–H groups in total. The third-order valence-corrected chi connectivity index (χ3v) is 4.14. The van der Waals surface area contributed by atoms with Gasteiger partial charge < -0.3 is 15.4 Å². The van der Waals surface area contributed by atoms with Crippen molar-refractivity contribution >= 4 is 45.7 Å². The number of rotatable bonds is 7. The topological polar surface area (TPSA) is 63.2 Å². The maximum absolute atomic E-state index is 11.8. The van der Waals surface area contributed by atoms with E-state index in [1.807, 2.05) is 24.3 Å². The quantitative estimate of drug-likeness (QED) is 0.595. The Morgan fingerprint density at radius 2 is 1.77 bits per heavy atom. The van der Waals surface area contributed by atoms with Gasteiger partial charge in [-0.1, -0.05) is 23.2 Å². The summed E-state index contributed by atoms with van der Waals surface area (Å²) < 4.78 is 5.40. The van der Waals surface area contributed by atoms with Crippen molar-refractivity contribution in [1.29, 1.82) is 0 Å². The van der Waals surface area contributed by atoms with Gasteiger partial charge in [-0.3, -0.25) is 9.78 Å². The number of amides is 1. The van der Waals surface area contributed by atoms with Gasteiger partial charge >= 0.3 is 0 Å². The van der Waals surface area contributed by atoms with Crippen molar-refractivity contribution in [2.75, 3.05) is 25.0 Å². The van der Waals surface area contributed by atoms with Gasteiger partial charge in [0.2, 0.25) is 0 Å². The minimum Gasteiger partial charge on any atom is -0.484 e. The summed E-state index contributed by atoms with van der Waals surface area (Å²) in [6.45, 7) is 1.01. The van der Waals surface area contributed by atoms with Crippen LogP contribution in [0.5, 0.6) is 5.75 Å². The Morgan fingerprint density at radius 1 is 1.00 bits per heavy atom. The van der Waals surface area contributed by atoms with Crippen molar-refractivity contribution in [2.45, 2.75) is 0 Å². The van der Waals surface area contributed by atoms with Crippen LogP contribution in [0.15, 0.2) is 54.7 Å². The van der Waals surface area contributed by atoms with E-state index in [1.165, 1.54) is 0 Å². The van der Waals surface area contributed by atoms with Gasteiger partial charge in [-0.2, -0.15) is 0 Å². The number of ether oxygens (including phenoxy) is 1. The fourth-order valence-corrected chi connectivity index (χ4v) is 2.70. The first-order valence-electron chi connectivity index (χ1n) is 8.05. The average Bonchev–Trinajstić information content (AvgIpc) is 2.64. The number of hydrogen-bond donors (Lipinski definition) is 2. The smallest absolute Gasteiger partial charge is 0.258 e. The molecule has 2 aromatic carbocycles. The molecule has 5 nitrogen and oxygen atoms in total. The molecule has 0 radical (unpaired) electrons. The zero-order valence-electron chi connectivity index (χ0n) is 13.8. The van der Waals surface area contributed by atoms with Crippen LogP contribution in [0.4, 0.5) is 5.69 Å². The van der Waals surface area contributed by atoms with E-state index in [0.717, 1.165) is 16.6 Å². The van der Waals surface area contributed by atoms with Gasteiger partial charge in [-0.25, -0.2) is 0 Å². The number of aromatic nitrogens is 1. The fourth-order valence-electron chi connectivity index (χ4n) is 2.41. The van der Waals surface area contributed by atoms with Crippen LogP contribution in [0.1, 0.15) is 0 Å². The van der Waals surface area contributed by atoms with Crippen LogP contribution in [0, 0.1) is 0 Å². The van der Waals surface area contributed by atoms with Gasteiger partial charge in [0.15, 0.2) is 6.61 Å². The minimum atomic E-state index is -0.187. The van der Waals surface area contributed by atoms with Crippen molar-refractivity contribution in [3.05, 3.63) is 64.8 Å². The second kappa shape index (κ2) is 8.74. The minimum absolute atomic E-state index is 0.0433. The van der Waals surface area contributed by atoms with E-state index in [0.29, 0.717) is 28.9 Å². The van der Waals surface area contributed by atoms with E-state index in [4.69, 9.17) is 27.9 Å². The SMILES string of the molecule is O=C(COc1ccc(Cl)cc1)NCCNc1ccnc2cc(Cl)ccc12. The summed E-state index contributed by atoms with van der Waals surface area (Å²) in [5, 5.41) is 8.34. The fraction of sp³-hybridized carbons (Fsp3) is 0.158. The van der Waals surface area contributed by atoms with Gasteiger partial charge in [-0.05, 0) is 48.5 Å². The molecule has 0 saturated heterocycles. The summed E-state index contributed by atoms with van der Waals surface area (Å²) in [5.74, 6) is 0.415. The Balaban J connectivity index is 1.44. The molecule has 0 aliphatic heterocycles. The molecule has 0 aliphatic carbocycles. The molecular formula is C19H17Cl2N3O2. The molecule has 3 aromatic rings. The maximum atomic E-state index is 11.8. The standard InChI is InChI=1S/C19H17Cl2N3O2/c20-13-1-4-15(5-2-13)26-12-19(25)24-10-9-23-17-7-8-22-18-11-14(21)3-6-16(17)18/h1-8,11H,9-10,12H2,(H,22,23)(H,24,25). The Kier molecular flexibility index (Phi) is 6.15. The second-order valence-electron chi connectivity index (χ2n) is 5.54. The van der Waals surface area contributed by atoms with E-state index in [9.17, 15) is 4.79 Å². The van der Waals surface area contributed by atoms with E-state index in [-0.39, 0.29) is 12.5 Å². The number of carbonyl (C=O) groups excluding carboxylic acids is 1. The first kappa shape index (κ1) is 18.3. The predicted octanol–water partition coefficient (Wildman–Crippen LogP) is 4.15. The number of halogens is 2. The molecule has 7 heteroatoms. The normalized spacial score (nSPS) is 10.5. The van der Waals surface area contributed by atoms with Gasteiger partial charge in [0.25, 0.3) is 5.91 Å². The highest BCUT2D eigenvalue weighted by atomic mass is 35.5. The first-order valence-corrected chi connectivity index (χ1v) is 8.80. The van der Waals surface area contributed by atoms with Crippen molar-refractivity contribution in [1.82, 2.24) is 10.3 Å². The van der Waals surface area contributed by atoms with Crippen LogP contribution in [-0.2, 0) is 4.79 Å². The van der Waals surface area contributed by atoms with Crippen LogP contribution < -0.4 is 15.4 Å². The molecule has 3 rings (SSSR count). The van der Waals surface area contributed by atoms with Crippen LogP contribution in [0.3, 0.4) is 0 Å². The van der Waals surface area contributed by atoms with Crippen molar-refractivity contribution < 1.29 is 9.53 Å². The number of hydrogen-bond acceptors (Lipinski definition) is 4. The number of benzene rings is 2. The second-order valence-corrected chi connectivity index (χ2v) is 6.41. The zero-order valence-corrected chi connectivity index (χ0v) is 15.3. The number of carbonyl (C=O) groups is 1. The average molecular weight is 390 g/mol. The Labute approximate surface area is 161 Å². The lowest BCUT2D eigenvalue weighted by Crippen LogP contribution is -2.32. The lowest BCUT2D eigenvalue weighted by atomic mass is 10.2. The molecule has 26 heavy (non-hydrogen) atoms. The molecule has 0 unspecified atom stereocenters. The number of nitrogens with zero attached hydrogens (tertiary/aromatic N) is 1. The van der Waals surface area contributed by atoms with E-state index >= 15 is 0 Å². The molecule has 0 fully saturated rings. The monoisotopic (exact) mass is 389 g/mol.